The minimum atomic E-state index is -4.15. The number of primary sulfonamides is 1. The van der Waals surface area contributed by atoms with Crippen LogP contribution in [-0.2, 0) is 36.6 Å². The molecule has 10 nitrogen and oxygen atoms in total. The highest BCUT2D eigenvalue weighted by atomic mass is 32.2. The lowest BCUT2D eigenvalue weighted by Gasteiger charge is -2.06. The van der Waals surface area contributed by atoms with E-state index >= 15 is 0 Å². The SMILES string of the molecule is CCOC(=O)CS(=O)(=O)Nc1nn(C)cc1S(N)(=O)=O. The number of anilines is 1. The van der Waals surface area contributed by atoms with Gasteiger partial charge in [-0.25, -0.2) is 22.0 Å². The summed E-state index contributed by atoms with van der Waals surface area (Å²) in [6.45, 7) is 1.55. The lowest BCUT2D eigenvalue weighted by Crippen LogP contribution is -2.25. The summed E-state index contributed by atoms with van der Waals surface area (Å²) in [7, 11) is -6.91. The van der Waals surface area contributed by atoms with Gasteiger partial charge < -0.3 is 4.74 Å². The van der Waals surface area contributed by atoms with Gasteiger partial charge in [-0.1, -0.05) is 0 Å². The Bertz CT molecular complexity index is 705. The highest BCUT2D eigenvalue weighted by molar-refractivity contribution is 7.93. The van der Waals surface area contributed by atoms with Gasteiger partial charge in [-0.15, -0.1) is 0 Å². The van der Waals surface area contributed by atoms with Gasteiger partial charge in [0.1, 0.15) is 4.90 Å². The molecule has 114 valence electrons. The minimum absolute atomic E-state index is 0.0281. The third-order valence-corrected chi connectivity index (χ3v) is 4.00. The molecule has 12 heteroatoms. The van der Waals surface area contributed by atoms with Crippen LogP contribution in [0.4, 0.5) is 5.82 Å². The van der Waals surface area contributed by atoms with Gasteiger partial charge in [0, 0.05) is 13.2 Å². The van der Waals surface area contributed by atoms with Crippen molar-refractivity contribution in [1.29, 1.82) is 0 Å². The number of carbonyl (C=O) groups is 1. The number of sulfonamides is 2. The van der Waals surface area contributed by atoms with Crippen LogP contribution in [0.5, 0.6) is 0 Å². The molecule has 0 aliphatic rings. The van der Waals surface area contributed by atoms with Gasteiger partial charge in [0.15, 0.2) is 11.6 Å². The third-order valence-electron chi connectivity index (χ3n) is 1.97. The maximum Gasteiger partial charge on any atom is 0.323 e. The van der Waals surface area contributed by atoms with E-state index < -0.39 is 42.5 Å². The molecule has 20 heavy (non-hydrogen) atoms. The highest BCUT2D eigenvalue weighted by Gasteiger charge is 2.24. The molecular weight excluding hydrogens is 312 g/mol. The summed E-state index contributed by atoms with van der Waals surface area (Å²) in [5.41, 5.74) is 0. The first kappa shape index (κ1) is 16.4. The Kier molecular flexibility index (Phi) is 4.73. The largest absolute Gasteiger partial charge is 0.465 e. The Morgan fingerprint density at radius 3 is 2.55 bits per heavy atom. The molecule has 0 atom stereocenters. The molecule has 0 fully saturated rings. The molecule has 1 heterocycles. The molecule has 0 aliphatic carbocycles. The zero-order valence-corrected chi connectivity index (χ0v) is 12.4. The van der Waals surface area contributed by atoms with E-state index in [4.69, 9.17) is 5.14 Å². The fraction of sp³-hybridized carbons (Fsp3) is 0.500. The first-order chi connectivity index (χ1) is 9.05. The number of ether oxygens (including phenoxy) is 1. The molecule has 0 bridgehead atoms. The molecule has 0 aromatic carbocycles. The lowest BCUT2D eigenvalue weighted by molar-refractivity contribution is -0.139. The van der Waals surface area contributed by atoms with E-state index in [0.29, 0.717) is 0 Å². The molecule has 3 N–H and O–H groups in total. The van der Waals surface area contributed by atoms with Crippen LogP contribution in [0.1, 0.15) is 6.92 Å². The van der Waals surface area contributed by atoms with Crippen molar-refractivity contribution in [3.8, 4) is 0 Å². The van der Waals surface area contributed by atoms with Crippen molar-refractivity contribution in [1.82, 2.24) is 9.78 Å². The fourth-order valence-corrected chi connectivity index (χ4v) is 2.92. The van der Waals surface area contributed by atoms with Crippen LogP contribution in [0.25, 0.3) is 0 Å². The number of aromatic nitrogens is 2. The minimum Gasteiger partial charge on any atom is -0.465 e. The van der Waals surface area contributed by atoms with Crippen molar-refractivity contribution < 1.29 is 26.4 Å². The second-order valence-corrected chi connectivity index (χ2v) is 6.98. The second kappa shape index (κ2) is 5.76. The van der Waals surface area contributed by atoms with E-state index in [0.717, 1.165) is 10.9 Å². The third kappa shape index (κ3) is 4.47. The van der Waals surface area contributed by atoms with Crippen LogP contribution in [0.2, 0.25) is 0 Å². The standard InChI is InChI=1S/C8H14N4O6S2/c1-3-18-7(13)5-19(14,15)11-8-6(20(9,16)17)4-12(2)10-8/h4H,3,5H2,1-2H3,(H,10,11)(H2,9,16,17). The van der Waals surface area contributed by atoms with Gasteiger partial charge in [-0.05, 0) is 6.92 Å². The average Bonchev–Trinajstić information content (AvgIpc) is 2.57. The van der Waals surface area contributed by atoms with Crippen molar-refractivity contribution in [2.75, 3.05) is 17.1 Å². The quantitative estimate of drug-likeness (QED) is 0.596. The van der Waals surface area contributed by atoms with E-state index in [9.17, 15) is 21.6 Å². The predicted octanol–water partition coefficient (Wildman–Crippen LogP) is -1.63. The summed E-state index contributed by atoms with van der Waals surface area (Å²) in [6.07, 6.45) is 1.04. The van der Waals surface area contributed by atoms with Crippen molar-refractivity contribution >= 4 is 31.8 Å². The Morgan fingerprint density at radius 1 is 1.45 bits per heavy atom. The molecule has 0 spiro atoms. The second-order valence-electron chi connectivity index (χ2n) is 3.73. The van der Waals surface area contributed by atoms with Crippen molar-refractivity contribution in [3.05, 3.63) is 6.20 Å². The monoisotopic (exact) mass is 326 g/mol. The topological polar surface area (TPSA) is 150 Å². The average molecular weight is 326 g/mol. The van der Waals surface area contributed by atoms with Crippen LogP contribution < -0.4 is 9.86 Å². The van der Waals surface area contributed by atoms with E-state index in [1.54, 1.807) is 0 Å². The van der Waals surface area contributed by atoms with Crippen molar-refractivity contribution in [2.45, 2.75) is 11.8 Å². The summed E-state index contributed by atoms with van der Waals surface area (Å²) in [6, 6.07) is 0. The van der Waals surface area contributed by atoms with E-state index in [1.165, 1.54) is 14.0 Å². The number of carbonyl (C=O) groups excluding carboxylic acids is 1. The van der Waals surface area contributed by atoms with Crippen LogP contribution in [0.15, 0.2) is 11.1 Å². The zero-order chi connectivity index (χ0) is 15.6. The Morgan fingerprint density at radius 2 is 2.05 bits per heavy atom. The van der Waals surface area contributed by atoms with Crippen molar-refractivity contribution in [2.24, 2.45) is 12.2 Å². The number of nitrogens with zero attached hydrogens (tertiary/aromatic N) is 2. The molecule has 0 radical (unpaired) electrons. The molecule has 1 rings (SSSR count). The molecular formula is C8H14N4O6S2. The summed E-state index contributed by atoms with van der Waals surface area (Å²) in [5.74, 6) is -2.39. The van der Waals surface area contributed by atoms with Gasteiger partial charge in [-0.2, -0.15) is 5.10 Å². The fourth-order valence-electron chi connectivity index (χ4n) is 1.29. The predicted molar refractivity (Wildman–Crippen MR) is 68.6 cm³/mol. The number of nitrogens with two attached hydrogens (primary N) is 1. The zero-order valence-electron chi connectivity index (χ0n) is 10.7. The number of nitrogens with one attached hydrogen (secondary N) is 1. The number of hydrogen-bond acceptors (Lipinski definition) is 7. The molecule has 0 amide bonds. The number of rotatable bonds is 6. The van der Waals surface area contributed by atoms with Crippen LogP contribution in [0.3, 0.4) is 0 Å². The van der Waals surface area contributed by atoms with Crippen LogP contribution >= 0.6 is 0 Å². The smallest absolute Gasteiger partial charge is 0.323 e. The maximum absolute atomic E-state index is 11.7. The first-order valence-corrected chi connectivity index (χ1v) is 8.47. The molecule has 0 saturated carbocycles. The van der Waals surface area contributed by atoms with Crippen molar-refractivity contribution in [3.63, 3.8) is 0 Å². The molecule has 0 saturated heterocycles. The normalized spacial score (nSPS) is 12.2. The van der Waals surface area contributed by atoms with Gasteiger partial charge in [0.05, 0.1) is 6.61 Å². The summed E-state index contributed by atoms with van der Waals surface area (Å²) in [4.78, 5) is 10.6. The molecule has 1 aromatic rings. The summed E-state index contributed by atoms with van der Waals surface area (Å²) >= 11 is 0. The van der Waals surface area contributed by atoms with E-state index in [-0.39, 0.29) is 6.61 Å². The first-order valence-electron chi connectivity index (χ1n) is 5.27. The van der Waals surface area contributed by atoms with Gasteiger partial charge >= 0.3 is 5.97 Å². The number of aryl methyl sites for hydroxylation is 1. The van der Waals surface area contributed by atoms with E-state index in [1.807, 2.05) is 4.72 Å². The van der Waals surface area contributed by atoms with Gasteiger partial charge in [-0.3, -0.25) is 14.2 Å². The lowest BCUT2D eigenvalue weighted by atomic mass is 10.7. The molecule has 1 aromatic heterocycles. The number of hydrogen-bond donors (Lipinski definition) is 2. The van der Waals surface area contributed by atoms with Crippen LogP contribution in [-0.4, -0.2) is 44.9 Å². The van der Waals surface area contributed by atoms with Crippen LogP contribution in [0, 0.1) is 0 Å². The maximum atomic E-state index is 11.7. The molecule has 0 unspecified atom stereocenters. The Hall–Kier alpha value is -1.66. The Balaban J connectivity index is 3.02. The number of esters is 1. The molecule has 0 aliphatic heterocycles. The summed E-state index contributed by atoms with van der Waals surface area (Å²) < 4.78 is 53.4. The van der Waals surface area contributed by atoms with E-state index in [2.05, 4.69) is 9.84 Å². The van der Waals surface area contributed by atoms with Gasteiger partial charge in [0.2, 0.25) is 20.0 Å². The van der Waals surface area contributed by atoms with Gasteiger partial charge in [0.25, 0.3) is 0 Å². The summed E-state index contributed by atoms with van der Waals surface area (Å²) in [5, 5.41) is 8.56. The highest BCUT2D eigenvalue weighted by Crippen LogP contribution is 2.18. The Labute approximate surface area is 116 Å².